The first-order valence-electron chi connectivity index (χ1n) is 10.7. The van der Waals surface area contributed by atoms with Gasteiger partial charge in [-0.05, 0) is 54.5 Å². The average Bonchev–Trinajstić information content (AvgIpc) is 3.50. The number of hydrogen-bond donors (Lipinski definition) is 1. The Kier molecular flexibility index (Phi) is 5.76. The number of nitrogens with one attached hydrogen (secondary N) is 1. The van der Waals surface area contributed by atoms with Crippen LogP contribution in [-0.2, 0) is 11.2 Å². The maximum Gasteiger partial charge on any atom is 0.266 e. The van der Waals surface area contributed by atoms with Gasteiger partial charge in [0.1, 0.15) is 5.69 Å². The molecule has 0 aliphatic heterocycles. The highest BCUT2D eigenvalue weighted by atomic mass is 32.1. The summed E-state index contributed by atoms with van der Waals surface area (Å²) < 4.78 is 6.06. The summed E-state index contributed by atoms with van der Waals surface area (Å²) in [5.41, 5.74) is 0.735. The van der Waals surface area contributed by atoms with Gasteiger partial charge in [-0.25, -0.2) is 0 Å². The van der Waals surface area contributed by atoms with E-state index in [0.717, 1.165) is 53.6 Å². The minimum Gasteiger partial charge on any atom is -0.419 e. The molecular weight excluding hydrogens is 408 g/mol. The van der Waals surface area contributed by atoms with Gasteiger partial charge in [0.2, 0.25) is 11.8 Å². The standard InChI is InChI=1S/C24H24N4O2S/c29-21(14-19-5-3-13-31-19)26-15-16-7-9-18(10-8-16)23-27-28-24(30-23)22-20-6-2-1-4-17(20)11-12-25-22/h1-6,11-13,16,18H,7-10,14-15H2,(H,26,29). The summed E-state index contributed by atoms with van der Waals surface area (Å²) in [5.74, 6) is 2.06. The largest absolute Gasteiger partial charge is 0.419 e. The molecule has 3 aromatic heterocycles. The molecule has 3 heterocycles. The van der Waals surface area contributed by atoms with Gasteiger partial charge in [0.25, 0.3) is 5.89 Å². The lowest BCUT2D eigenvalue weighted by atomic mass is 9.82. The molecule has 0 spiro atoms. The Morgan fingerprint density at radius 2 is 1.94 bits per heavy atom. The van der Waals surface area contributed by atoms with Crippen molar-refractivity contribution in [1.29, 1.82) is 0 Å². The molecule has 31 heavy (non-hydrogen) atoms. The van der Waals surface area contributed by atoms with E-state index in [4.69, 9.17) is 4.42 Å². The molecule has 0 bridgehead atoms. The number of nitrogens with zero attached hydrogens (tertiary/aromatic N) is 3. The number of rotatable bonds is 6. The first kappa shape index (κ1) is 19.9. The van der Waals surface area contributed by atoms with Crippen LogP contribution < -0.4 is 5.32 Å². The third-order valence-electron chi connectivity index (χ3n) is 6.02. The highest BCUT2D eigenvalue weighted by Gasteiger charge is 2.27. The van der Waals surface area contributed by atoms with Gasteiger partial charge in [0.05, 0.1) is 6.42 Å². The average molecular weight is 433 g/mol. The van der Waals surface area contributed by atoms with Crippen molar-refractivity contribution in [2.45, 2.75) is 38.0 Å². The number of pyridine rings is 1. The fourth-order valence-electron chi connectivity index (χ4n) is 4.29. The number of hydrogen-bond acceptors (Lipinski definition) is 6. The molecule has 1 aliphatic carbocycles. The van der Waals surface area contributed by atoms with Gasteiger partial charge >= 0.3 is 0 Å². The molecule has 1 aromatic carbocycles. The number of fused-ring (bicyclic) bond motifs is 1. The highest BCUT2D eigenvalue weighted by molar-refractivity contribution is 7.10. The molecule has 0 saturated heterocycles. The lowest BCUT2D eigenvalue weighted by Gasteiger charge is -2.26. The maximum atomic E-state index is 12.1. The molecular formula is C24H24N4O2S. The van der Waals surface area contributed by atoms with Gasteiger partial charge in [-0.15, -0.1) is 21.5 Å². The minimum atomic E-state index is 0.105. The molecule has 1 aliphatic rings. The predicted octanol–water partition coefficient (Wildman–Crippen LogP) is 4.98. The van der Waals surface area contributed by atoms with Gasteiger partial charge in [0, 0.05) is 28.9 Å². The zero-order valence-electron chi connectivity index (χ0n) is 17.2. The van der Waals surface area contributed by atoms with Crippen molar-refractivity contribution in [3.63, 3.8) is 0 Å². The van der Waals surface area contributed by atoms with Gasteiger partial charge in [-0.2, -0.15) is 0 Å². The van der Waals surface area contributed by atoms with E-state index in [1.54, 1.807) is 17.5 Å². The summed E-state index contributed by atoms with van der Waals surface area (Å²) >= 11 is 1.62. The Balaban J connectivity index is 1.17. The highest BCUT2D eigenvalue weighted by Crippen LogP contribution is 2.36. The number of benzene rings is 1. The summed E-state index contributed by atoms with van der Waals surface area (Å²) in [5, 5.41) is 15.8. The summed E-state index contributed by atoms with van der Waals surface area (Å²) in [6, 6.07) is 14.0. The first-order chi connectivity index (χ1) is 15.3. The second-order valence-corrected chi connectivity index (χ2v) is 9.14. The van der Waals surface area contributed by atoms with Crippen LogP contribution in [-0.4, -0.2) is 27.6 Å². The summed E-state index contributed by atoms with van der Waals surface area (Å²) in [6.07, 6.45) is 6.34. The Morgan fingerprint density at radius 1 is 1.06 bits per heavy atom. The van der Waals surface area contributed by atoms with Crippen molar-refractivity contribution >= 4 is 28.0 Å². The Hall–Kier alpha value is -3.06. The molecule has 1 amide bonds. The van der Waals surface area contributed by atoms with Gasteiger partial charge < -0.3 is 9.73 Å². The molecule has 158 valence electrons. The van der Waals surface area contributed by atoms with E-state index in [1.165, 1.54) is 0 Å². The van der Waals surface area contributed by atoms with Crippen molar-refractivity contribution < 1.29 is 9.21 Å². The van der Waals surface area contributed by atoms with Crippen LogP contribution in [0.2, 0.25) is 0 Å². The predicted molar refractivity (Wildman–Crippen MR) is 121 cm³/mol. The van der Waals surface area contributed by atoms with Crippen molar-refractivity contribution in [1.82, 2.24) is 20.5 Å². The number of carbonyl (C=O) groups is 1. The Morgan fingerprint density at radius 3 is 2.77 bits per heavy atom. The van der Waals surface area contributed by atoms with Crippen LogP contribution in [0.1, 0.15) is 42.4 Å². The fraction of sp³-hybridized carbons (Fsp3) is 0.333. The van der Waals surface area contributed by atoms with E-state index in [-0.39, 0.29) is 11.8 Å². The van der Waals surface area contributed by atoms with Crippen molar-refractivity contribution in [2.75, 3.05) is 6.54 Å². The molecule has 1 fully saturated rings. The quantitative estimate of drug-likeness (QED) is 0.465. The first-order valence-corrected chi connectivity index (χ1v) is 11.6. The normalized spacial score (nSPS) is 18.8. The van der Waals surface area contributed by atoms with Gasteiger partial charge in [0.15, 0.2) is 0 Å². The Labute approximate surface area is 184 Å². The van der Waals surface area contributed by atoms with Crippen molar-refractivity contribution in [3.8, 4) is 11.6 Å². The summed E-state index contributed by atoms with van der Waals surface area (Å²) in [7, 11) is 0. The smallest absolute Gasteiger partial charge is 0.266 e. The third kappa shape index (κ3) is 4.51. The zero-order chi connectivity index (χ0) is 21.0. The molecule has 1 saturated carbocycles. The van der Waals surface area contributed by atoms with Crippen LogP contribution >= 0.6 is 11.3 Å². The monoisotopic (exact) mass is 432 g/mol. The van der Waals surface area contributed by atoms with Crippen LogP contribution in [0.25, 0.3) is 22.4 Å². The minimum absolute atomic E-state index is 0.105. The van der Waals surface area contributed by atoms with Crippen molar-refractivity contribution in [3.05, 3.63) is 64.8 Å². The number of thiophene rings is 1. The van der Waals surface area contributed by atoms with E-state index in [2.05, 4.69) is 26.6 Å². The van der Waals surface area contributed by atoms with E-state index < -0.39 is 0 Å². The van der Waals surface area contributed by atoms with Crippen LogP contribution in [0.5, 0.6) is 0 Å². The van der Waals surface area contributed by atoms with E-state index in [1.807, 2.05) is 41.8 Å². The molecule has 0 atom stereocenters. The summed E-state index contributed by atoms with van der Waals surface area (Å²) in [6.45, 7) is 0.742. The molecule has 6 nitrogen and oxygen atoms in total. The van der Waals surface area contributed by atoms with Gasteiger partial charge in [-0.1, -0.05) is 30.3 Å². The van der Waals surface area contributed by atoms with Crippen LogP contribution in [0.3, 0.4) is 0 Å². The molecule has 0 radical (unpaired) electrons. The Bertz CT molecular complexity index is 1160. The lowest BCUT2D eigenvalue weighted by molar-refractivity contribution is -0.120. The fourth-order valence-corrected chi connectivity index (χ4v) is 4.99. The number of aromatic nitrogens is 3. The lowest BCUT2D eigenvalue weighted by Crippen LogP contribution is -2.32. The van der Waals surface area contributed by atoms with Crippen LogP contribution in [0, 0.1) is 5.92 Å². The van der Waals surface area contributed by atoms with Crippen molar-refractivity contribution in [2.24, 2.45) is 5.92 Å². The second kappa shape index (κ2) is 8.98. The topological polar surface area (TPSA) is 80.9 Å². The summed E-state index contributed by atoms with van der Waals surface area (Å²) in [4.78, 5) is 17.7. The SMILES string of the molecule is O=C(Cc1cccs1)NCC1CCC(c2nnc(-c3nccc4ccccc34)o2)CC1. The third-order valence-corrected chi connectivity index (χ3v) is 6.89. The van der Waals surface area contributed by atoms with Gasteiger partial charge in [-0.3, -0.25) is 9.78 Å². The zero-order valence-corrected chi connectivity index (χ0v) is 18.0. The number of amides is 1. The molecule has 7 heteroatoms. The van der Waals surface area contributed by atoms with E-state index in [0.29, 0.717) is 24.1 Å². The van der Waals surface area contributed by atoms with Crippen LogP contribution in [0.15, 0.2) is 58.5 Å². The molecule has 5 rings (SSSR count). The second-order valence-electron chi connectivity index (χ2n) is 8.10. The maximum absolute atomic E-state index is 12.1. The molecule has 4 aromatic rings. The van der Waals surface area contributed by atoms with Crippen LogP contribution in [0.4, 0.5) is 0 Å². The van der Waals surface area contributed by atoms with E-state index in [9.17, 15) is 4.79 Å². The molecule has 1 N–H and O–H groups in total. The molecule has 0 unspecified atom stereocenters. The number of carbonyl (C=O) groups excluding carboxylic acids is 1. The van der Waals surface area contributed by atoms with E-state index >= 15 is 0 Å².